The lowest BCUT2D eigenvalue weighted by molar-refractivity contribution is 0.0950. The summed E-state index contributed by atoms with van der Waals surface area (Å²) >= 11 is 0. The first-order valence-corrected chi connectivity index (χ1v) is 10.3. The number of carbonyl (C=O) groups excluding carboxylic acids is 2. The van der Waals surface area contributed by atoms with E-state index in [1.54, 1.807) is 18.2 Å². The number of para-hydroxylation sites is 1. The second-order valence-electron chi connectivity index (χ2n) is 7.60. The second-order valence-corrected chi connectivity index (χ2v) is 7.60. The number of amides is 2. The summed E-state index contributed by atoms with van der Waals surface area (Å²) < 4.78 is 5.12. The van der Waals surface area contributed by atoms with Gasteiger partial charge in [0.15, 0.2) is 5.76 Å². The highest BCUT2D eigenvalue weighted by Gasteiger charge is 2.23. The molecule has 0 saturated heterocycles. The minimum Gasteiger partial charge on any atom is -0.459 e. The van der Waals surface area contributed by atoms with Crippen molar-refractivity contribution in [2.24, 2.45) is 0 Å². The van der Waals surface area contributed by atoms with Crippen molar-refractivity contribution in [3.05, 3.63) is 95.1 Å². The SMILES string of the molecule is O=C(Nc1cccc(CNC(=O)c2c3c(nc4ccccc24)CCC3)c1)c1ccco1. The third kappa shape index (κ3) is 3.80. The Kier molecular flexibility index (Phi) is 4.96. The zero-order chi connectivity index (χ0) is 21.2. The molecule has 0 aliphatic heterocycles. The number of anilines is 1. The molecular formula is C25H21N3O3. The molecule has 0 spiro atoms. The van der Waals surface area contributed by atoms with Gasteiger partial charge in [-0.3, -0.25) is 14.6 Å². The number of carbonyl (C=O) groups is 2. The molecule has 2 heterocycles. The van der Waals surface area contributed by atoms with Crippen LogP contribution in [-0.4, -0.2) is 16.8 Å². The van der Waals surface area contributed by atoms with Crippen LogP contribution in [0.5, 0.6) is 0 Å². The van der Waals surface area contributed by atoms with Crippen molar-refractivity contribution >= 4 is 28.4 Å². The van der Waals surface area contributed by atoms with Gasteiger partial charge in [-0.05, 0) is 60.7 Å². The third-order valence-corrected chi connectivity index (χ3v) is 5.53. The number of furan rings is 1. The molecule has 0 saturated carbocycles. The summed E-state index contributed by atoms with van der Waals surface area (Å²) in [7, 11) is 0. The number of pyridine rings is 1. The predicted molar refractivity (Wildman–Crippen MR) is 118 cm³/mol. The molecule has 154 valence electrons. The summed E-state index contributed by atoms with van der Waals surface area (Å²) in [5.74, 6) is -0.163. The fourth-order valence-corrected chi connectivity index (χ4v) is 4.10. The smallest absolute Gasteiger partial charge is 0.291 e. The molecule has 6 nitrogen and oxygen atoms in total. The summed E-state index contributed by atoms with van der Waals surface area (Å²) in [5.41, 5.74) is 5.22. The van der Waals surface area contributed by atoms with Gasteiger partial charge < -0.3 is 15.1 Å². The maximum absolute atomic E-state index is 13.2. The van der Waals surface area contributed by atoms with Crippen LogP contribution < -0.4 is 10.6 Å². The van der Waals surface area contributed by atoms with E-state index in [1.165, 1.54) is 6.26 Å². The van der Waals surface area contributed by atoms with Crippen molar-refractivity contribution in [2.45, 2.75) is 25.8 Å². The van der Waals surface area contributed by atoms with Gasteiger partial charge in [-0.25, -0.2) is 0 Å². The molecule has 2 N–H and O–H groups in total. The van der Waals surface area contributed by atoms with E-state index in [-0.39, 0.29) is 17.6 Å². The highest BCUT2D eigenvalue weighted by Crippen LogP contribution is 2.30. The molecule has 0 atom stereocenters. The standard InChI is InChI=1S/C25H21N3O3/c29-24(22-12-5-13-31-22)27-17-7-3-6-16(14-17)15-26-25(30)23-18-8-1-2-10-20(18)28-21-11-4-9-19(21)23/h1-3,5-8,10,12-14H,4,9,11,15H2,(H,26,30)(H,27,29). The maximum Gasteiger partial charge on any atom is 0.291 e. The van der Waals surface area contributed by atoms with E-state index >= 15 is 0 Å². The van der Waals surface area contributed by atoms with Crippen LogP contribution in [0.1, 0.15) is 44.2 Å². The van der Waals surface area contributed by atoms with E-state index in [0.717, 1.165) is 52.5 Å². The molecule has 0 unspecified atom stereocenters. The Hall–Kier alpha value is -3.93. The highest BCUT2D eigenvalue weighted by molar-refractivity contribution is 6.08. The van der Waals surface area contributed by atoms with Gasteiger partial charge in [-0.1, -0.05) is 30.3 Å². The highest BCUT2D eigenvalue weighted by atomic mass is 16.3. The van der Waals surface area contributed by atoms with Gasteiger partial charge in [0.2, 0.25) is 0 Å². The molecule has 31 heavy (non-hydrogen) atoms. The summed E-state index contributed by atoms with van der Waals surface area (Å²) in [6.07, 6.45) is 4.28. The normalized spacial score (nSPS) is 12.5. The number of fused-ring (bicyclic) bond motifs is 2. The van der Waals surface area contributed by atoms with Gasteiger partial charge in [-0.2, -0.15) is 0 Å². The van der Waals surface area contributed by atoms with Crippen LogP contribution in [0, 0.1) is 0 Å². The lowest BCUT2D eigenvalue weighted by Gasteiger charge is -2.13. The minimum atomic E-state index is -0.315. The molecule has 2 aromatic carbocycles. The molecule has 1 aliphatic carbocycles. The van der Waals surface area contributed by atoms with Crippen molar-refractivity contribution < 1.29 is 14.0 Å². The summed E-state index contributed by atoms with van der Waals surface area (Å²) in [4.78, 5) is 30.1. The van der Waals surface area contributed by atoms with E-state index < -0.39 is 0 Å². The van der Waals surface area contributed by atoms with E-state index in [0.29, 0.717) is 12.2 Å². The first-order chi connectivity index (χ1) is 15.2. The Balaban J connectivity index is 1.34. The topological polar surface area (TPSA) is 84.2 Å². The van der Waals surface area contributed by atoms with Crippen LogP contribution in [0.4, 0.5) is 5.69 Å². The zero-order valence-corrected chi connectivity index (χ0v) is 16.9. The molecule has 6 heteroatoms. The van der Waals surface area contributed by atoms with E-state index in [2.05, 4.69) is 10.6 Å². The Morgan fingerprint density at radius 3 is 2.74 bits per heavy atom. The van der Waals surface area contributed by atoms with E-state index in [1.807, 2.05) is 42.5 Å². The first-order valence-electron chi connectivity index (χ1n) is 10.3. The molecule has 4 aromatic rings. The quantitative estimate of drug-likeness (QED) is 0.506. The Morgan fingerprint density at radius 1 is 0.968 bits per heavy atom. The largest absolute Gasteiger partial charge is 0.459 e. The molecule has 0 bridgehead atoms. The number of nitrogens with one attached hydrogen (secondary N) is 2. The van der Waals surface area contributed by atoms with Gasteiger partial charge in [-0.15, -0.1) is 0 Å². The Labute approximate surface area is 179 Å². The first kappa shape index (κ1) is 19.1. The van der Waals surface area contributed by atoms with Crippen LogP contribution in [-0.2, 0) is 19.4 Å². The van der Waals surface area contributed by atoms with Gasteiger partial charge in [0.25, 0.3) is 11.8 Å². The fourth-order valence-electron chi connectivity index (χ4n) is 4.10. The van der Waals surface area contributed by atoms with E-state index in [4.69, 9.17) is 9.40 Å². The monoisotopic (exact) mass is 411 g/mol. The number of rotatable bonds is 5. The molecule has 0 fully saturated rings. The summed E-state index contributed by atoms with van der Waals surface area (Å²) in [5, 5.41) is 6.74. The van der Waals surface area contributed by atoms with Crippen molar-refractivity contribution in [3.63, 3.8) is 0 Å². The zero-order valence-electron chi connectivity index (χ0n) is 16.9. The number of hydrogen-bond acceptors (Lipinski definition) is 4. The molecule has 1 aliphatic rings. The second kappa shape index (κ2) is 8.07. The number of aryl methyl sites for hydroxylation is 1. The molecule has 2 amide bonds. The lowest BCUT2D eigenvalue weighted by Crippen LogP contribution is -2.24. The van der Waals surface area contributed by atoms with Crippen molar-refractivity contribution in [2.75, 3.05) is 5.32 Å². The van der Waals surface area contributed by atoms with Crippen molar-refractivity contribution in [1.82, 2.24) is 10.3 Å². The van der Waals surface area contributed by atoms with Crippen LogP contribution in [0.2, 0.25) is 0 Å². The van der Waals surface area contributed by atoms with Gasteiger partial charge in [0.05, 0.1) is 17.3 Å². The Bertz CT molecular complexity index is 1280. The van der Waals surface area contributed by atoms with Gasteiger partial charge >= 0.3 is 0 Å². The van der Waals surface area contributed by atoms with Crippen LogP contribution in [0.3, 0.4) is 0 Å². The molecular weight excluding hydrogens is 390 g/mol. The third-order valence-electron chi connectivity index (χ3n) is 5.53. The summed E-state index contributed by atoms with van der Waals surface area (Å²) in [6, 6.07) is 18.5. The molecule has 5 rings (SSSR count). The van der Waals surface area contributed by atoms with E-state index in [9.17, 15) is 9.59 Å². The number of hydrogen-bond donors (Lipinski definition) is 2. The molecule has 2 aromatic heterocycles. The van der Waals surface area contributed by atoms with Crippen molar-refractivity contribution in [3.8, 4) is 0 Å². The van der Waals surface area contributed by atoms with Gasteiger partial charge in [0.1, 0.15) is 0 Å². The number of benzene rings is 2. The van der Waals surface area contributed by atoms with Crippen LogP contribution in [0.15, 0.2) is 71.3 Å². The molecule has 0 radical (unpaired) electrons. The summed E-state index contributed by atoms with van der Waals surface area (Å²) in [6.45, 7) is 0.356. The van der Waals surface area contributed by atoms with Crippen LogP contribution >= 0.6 is 0 Å². The predicted octanol–water partition coefficient (Wildman–Crippen LogP) is 4.50. The van der Waals surface area contributed by atoms with Gasteiger partial charge in [0, 0.05) is 23.3 Å². The number of nitrogens with zero attached hydrogens (tertiary/aromatic N) is 1. The van der Waals surface area contributed by atoms with Crippen LogP contribution in [0.25, 0.3) is 10.9 Å². The average molecular weight is 411 g/mol. The maximum atomic E-state index is 13.2. The Morgan fingerprint density at radius 2 is 1.87 bits per heavy atom. The lowest BCUT2D eigenvalue weighted by atomic mass is 10.0. The average Bonchev–Trinajstić information content (AvgIpc) is 3.48. The number of aromatic nitrogens is 1. The minimum absolute atomic E-state index is 0.0956. The fraction of sp³-hybridized carbons (Fsp3) is 0.160. The van der Waals surface area contributed by atoms with Crippen molar-refractivity contribution in [1.29, 1.82) is 0 Å².